The normalized spacial score (nSPS) is 16.6. The summed E-state index contributed by atoms with van der Waals surface area (Å²) in [6.07, 6.45) is 4.57. The first-order valence-electron chi connectivity index (χ1n) is 5.47. The van der Waals surface area contributed by atoms with Crippen molar-refractivity contribution < 1.29 is 0 Å². The van der Waals surface area contributed by atoms with Gasteiger partial charge < -0.3 is 5.73 Å². The van der Waals surface area contributed by atoms with Gasteiger partial charge in [0, 0.05) is 30.3 Å². The molecule has 0 amide bonds. The van der Waals surface area contributed by atoms with Gasteiger partial charge in [-0.05, 0) is 18.8 Å². The van der Waals surface area contributed by atoms with Crippen LogP contribution < -0.4 is 5.73 Å². The van der Waals surface area contributed by atoms with Crippen molar-refractivity contribution in [3.63, 3.8) is 0 Å². The third-order valence-corrected chi connectivity index (χ3v) is 2.68. The highest BCUT2D eigenvalue weighted by Crippen LogP contribution is 2.41. The Morgan fingerprint density at radius 1 is 1.57 bits per heavy atom. The quantitative estimate of drug-likeness (QED) is 0.793. The average Bonchev–Trinajstić information content (AvgIpc) is 2.88. The fraction of sp³-hybridized carbons (Fsp3) is 0.727. The Labute approximate surface area is 85.3 Å². The van der Waals surface area contributed by atoms with E-state index in [2.05, 4.69) is 23.6 Å². The molecule has 2 rings (SSSR count). The maximum Gasteiger partial charge on any atom is 0.0537 e. The predicted octanol–water partition coefficient (Wildman–Crippen LogP) is 1.88. The molecule has 1 fully saturated rings. The summed E-state index contributed by atoms with van der Waals surface area (Å²) < 4.78 is 2.16. The zero-order valence-corrected chi connectivity index (χ0v) is 9.03. The number of hydrogen-bond acceptors (Lipinski definition) is 2. The van der Waals surface area contributed by atoms with Gasteiger partial charge in [0.1, 0.15) is 0 Å². The van der Waals surface area contributed by atoms with Crippen molar-refractivity contribution in [3.8, 4) is 0 Å². The van der Waals surface area contributed by atoms with Crippen LogP contribution >= 0.6 is 0 Å². The zero-order valence-electron chi connectivity index (χ0n) is 9.03. The molecule has 1 aromatic rings. The Hall–Kier alpha value is -0.830. The summed E-state index contributed by atoms with van der Waals surface area (Å²) in [7, 11) is 0. The van der Waals surface area contributed by atoms with Crippen molar-refractivity contribution in [1.82, 2.24) is 9.78 Å². The minimum Gasteiger partial charge on any atom is -0.326 e. The van der Waals surface area contributed by atoms with Crippen molar-refractivity contribution in [2.75, 3.05) is 0 Å². The lowest BCUT2D eigenvalue weighted by Crippen LogP contribution is -2.10. The van der Waals surface area contributed by atoms with E-state index >= 15 is 0 Å². The van der Waals surface area contributed by atoms with Crippen molar-refractivity contribution >= 4 is 0 Å². The SMILES string of the molecule is CC(C)Cn1ncc(CN)c1C1CC1. The van der Waals surface area contributed by atoms with Crippen molar-refractivity contribution in [3.05, 3.63) is 17.5 Å². The molecule has 1 heterocycles. The van der Waals surface area contributed by atoms with Crippen molar-refractivity contribution in [2.45, 2.75) is 45.7 Å². The van der Waals surface area contributed by atoms with E-state index in [1.54, 1.807) is 0 Å². The zero-order chi connectivity index (χ0) is 10.1. The smallest absolute Gasteiger partial charge is 0.0537 e. The van der Waals surface area contributed by atoms with E-state index in [1.165, 1.54) is 24.1 Å². The topological polar surface area (TPSA) is 43.8 Å². The van der Waals surface area contributed by atoms with Crippen LogP contribution in [0.5, 0.6) is 0 Å². The van der Waals surface area contributed by atoms with E-state index < -0.39 is 0 Å². The van der Waals surface area contributed by atoms with Crippen LogP contribution in [-0.4, -0.2) is 9.78 Å². The molecule has 0 aromatic carbocycles. The van der Waals surface area contributed by atoms with E-state index in [4.69, 9.17) is 5.73 Å². The van der Waals surface area contributed by atoms with E-state index in [9.17, 15) is 0 Å². The maximum absolute atomic E-state index is 5.71. The van der Waals surface area contributed by atoms with Gasteiger partial charge >= 0.3 is 0 Å². The Balaban J connectivity index is 2.25. The van der Waals surface area contributed by atoms with E-state index in [0.717, 1.165) is 12.5 Å². The van der Waals surface area contributed by atoms with Crippen LogP contribution in [0.2, 0.25) is 0 Å². The third kappa shape index (κ3) is 1.82. The Morgan fingerprint density at radius 3 is 2.79 bits per heavy atom. The summed E-state index contributed by atoms with van der Waals surface area (Å²) >= 11 is 0. The first kappa shape index (κ1) is 9.71. The molecule has 14 heavy (non-hydrogen) atoms. The summed E-state index contributed by atoms with van der Waals surface area (Å²) in [4.78, 5) is 0. The van der Waals surface area contributed by atoms with Crippen LogP contribution in [0.4, 0.5) is 0 Å². The standard InChI is InChI=1S/C11H19N3/c1-8(2)7-14-11(9-3-4-9)10(5-12)6-13-14/h6,8-9H,3-5,7,12H2,1-2H3. The van der Waals surface area contributed by atoms with Crippen LogP contribution in [0.3, 0.4) is 0 Å². The fourth-order valence-electron chi connectivity index (χ4n) is 1.91. The van der Waals surface area contributed by atoms with E-state index in [1.807, 2.05) is 6.20 Å². The molecule has 3 nitrogen and oxygen atoms in total. The highest BCUT2D eigenvalue weighted by molar-refractivity contribution is 5.25. The molecule has 0 radical (unpaired) electrons. The highest BCUT2D eigenvalue weighted by Gasteiger charge is 2.29. The number of nitrogens with zero attached hydrogens (tertiary/aromatic N) is 2. The van der Waals surface area contributed by atoms with Crippen LogP contribution in [0.1, 0.15) is 43.9 Å². The monoisotopic (exact) mass is 193 g/mol. The minimum atomic E-state index is 0.629. The van der Waals surface area contributed by atoms with Gasteiger partial charge in [-0.2, -0.15) is 5.10 Å². The van der Waals surface area contributed by atoms with Crippen molar-refractivity contribution in [2.24, 2.45) is 11.7 Å². The van der Waals surface area contributed by atoms with Gasteiger partial charge in [0.2, 0.25) is 0 Å². The molecule has 78 valence electrons. The Kier molecular flexibility index (Phi) is 2.59. The molecule has 3 heteroatoms. The molecule has 2 N–H and O–H groups in total. The lowest BCUT2D eigenvalue weighted by atomic mass is 10.1. The second-order valence-electron chi connectivity index (χ2n) is 4.61. The van der Waals surface area contributed by atoms with Crippen LogP contribution in [-0.2, 0) is 13.1 Å². The number of hydrogen-bond donors (Lipinski definition) is 1. The Bertz CT molecular complexity index is 310. The lowest BCUT2D eigenvalue weighted by molar-refractivity contribution is 0.468. The second kappa shape index (κ2) is 3.73. The summed E-state index contributed by atoms with van der Waals surface area (Å²) in [5.74, 6) is 1.40. The molecule has 1 saturated carbocycles. The first-order chi connectivity index (χ1) is 6.72. The predicted molar refractivity (Wildman–Crippen MR) is 56.9 cm³/mol. The average molecular weight is 193 g/mol. The van der Waals surface area contributed by atoms with Gasteiger partial charge in [-0.15, -0.1) is 0 Å². The van der Waals surface area contributed by atoms with Gasteiger partial charge in [0.25, 0.3) is 0 Å². The lowest BCUT2D eigenvalue weighted by Gasteiger charge is -2.10. The number of aromatic nitrogens is 2. The summed E-state index contributed by atoms with van der Waals surface area (Å²) in [6.45, 7) is 6.09. The number of rotatable bonds is 4. The van der Waals surface area contributed by atoms with E-state index in [0.29, 0.717) is 12.5 Å². The minimum absolute atomic E-state index is 0.629. The highest BCUT2D eigenvalue weighted by atomic mass is 15.3. The number of nitrogens with two attached hydrogens (primary N) is 1. The largest absolute Gasteiger partial charge is 0.326 e. The van der Waals surface area contributed by atoms with Gasteiger partial charge in [0.15, 0.2) is 0 Å². The molecular weight excluding hydrogens is 174 g/mol. The molecule has 1 aliphatic rings. The summed E-state index contributed by atoms with van der Waals surface area (Å²) in [5.41, 5.74) is 8.35. The van der Waals surface area contributed by atoms with Gasteiger partial charge in [0.05, 0.1) is 6.20 Å². The molecule has 0 bridgehead atoms. The molecule has 1 aromatic heterocycles. The van der Waals surface area contributed by atoms with E-state index in [-0.39, 0.29) is 0 Å². The van der Waals surface area contributed by atoms with Gasteiger partial charge in [-0.25, -0.2) is 0 Å². The fourth-order valence-corrected chi connectivity index (χ4v) is 1.91. The molecule has 0 spiro atoms. The van der Waals surface area contributed by atoms with Crippen molar-refractivity contribution in [1.29, 1.82) is 0 Å². The summed E-state index contributed by atoms with van der Waals surface area (Å²) in [6, 6.07) is 0. The molecule has 1 aliphatic carbocycles. The molecule has 0 atom stereocenters. The molecule has 0 aliphatic heterocycles. The van der Waals surface area contributed by atoms with Crippen LogP contribution in [0.25, 0.3) is 0 Å². The van der Waals surface area contributed by atoms with Gasteiger partial charge in [-0.3, -0.25) is 4.68 Å². The second-order valence-corrected chi connectivity index (χ2v) is 4.61. The molecular formula is C11H19N3. The Morgan fingerprint density at radius 2 is 2.29 bits per heavy atom. The van der Waals surface area contributed by atoms with Gasteiger partial charge in [-0.1, -0.05) is 13.8 Å². The maximum atomic E-state index is 5.71. The molecule has 0 unspecified atom stereocenters. The van der Waals surface area contributed by atoms with Crippen LogP contribution in [0, 0.1) is 5.92 Å². The molecule has 0 saturated heterocycles. The first-order valence-corrected chi connectivity index (χ1v) is 5.47. The van der Waals surface area contributed by atoms with Crippen LogP contribution in [0.15, 0.2) is 6.20 Å². The summed E-state index contributed by atoms with van der Waals surface area (Å²) in [5, 5.41) is 4.43. The third-order valence-electron chi connectivity index (χ3n) is 2.68.